The van der Waals surface area contributed by atoms with E-state index in [1.807, 2.05) is 12.1 Å². The number of anilines is 1. The van der Waals surface area contributed by atoms with Crippen LogP contribution in [0.3, 0.4) is 0 Å². The van der Waals surface area contributed by atoms with Gasteiger partial charge in [0.25, 0.3) is 0 Å². The smallest absolute Gasteiger partial charge is 0.228 e. The van der Waals surface area contributed by atoms with E-state index in [0.29, 0.717) is 6.42 Å². The minimum atomic E-state index is -0.279. The molecule has 4 heteroatoms. The molecule has 0 radical (unpaired) electrons. The predicted molar refractivity (Wildman–Crippen MR) is 67.7 cm³/mol. The molecule has 0 aromatic carbocycles. The van der Waals surface area contributed by atoms with Crippen LogP contribution < -0.4 is 10.6 Å². The zero-order chi connectivity index (χ0) is 12.3. The first-order valence-electron chi connectivity index (χ1n) is 6.06. The van der Waals surface area contributed by atoms with Crippen molar-refractivity contribution in [1.82, 2.24) is 4.98 Å². The lowest BCUT2D eigenvalue weighted by molar-refractivity contribution is -0.119. The third-order valence-corrected chi connectivity index (χ3v) is 3.53. The Morgan fingerprint density at radius 2 is 2.00 bits per heavy atom. The molecule has 0 atom stereocenters. The van der Waals surface area contributed by atoms with Gasteiger partial charge < -0.3 is 10.6 Å². The highest BCUT2D eigenvalue weighted by Crippen LogP contribution is 2.30. The number of nitrogens with zero attached hydrogens (tertiary/aromatic N) is 2. The molecule has 2 rings (SSSR count). The van der Waals surface area contributed by atoms with Crippen LogP contribution in [0.1, 0.15) is 32.1 Å². The summed E-state index contributed by atoms with van der Waals surface area (Å²) in [6.07, 6.45) is 8.02. The van der Waals surface area contributed by atoms with Crippen LogP contribution in [0.4, 0.5) is 5.69 Å². The first kappa shape index (κ1) is 12.0. The minimum absolute atomic E-state index is 0.0839. The van der Waals surface area contributed by atoms with E-state index < -0.39 is 0 Å². The third kappa shape index (κ3) is 2.82. The van der Waals surface area contributed by atoms with Crippen molar-refractivity contribution >= 4 is 11.6 Å². The van der Waals surface area contributed by atoms with Gasteiger partial charge in [0.2, 0.25) is 5.91 Å². The summed E-state index contributed by atoms with van der Waals surface area (Å²) in [5, 5.41) is 0. The fourth-order valence-corrected chi connectivity index (χ4v) is 2.39. The molecule has 0 bridgehead atoms. The number of amides is 1. The van der Waals surface area contributed by atoms with Gasteiger partial charge in [0, 0.05) is 37.1 Å². The predicted octanol–water partition coefficient (Wildman–Crippen LogP) is 1.71. The molecule has 1 aromatic heterocycles. The molecule has 1 aliphatic rings. The number of hydrogen-bond acceptors (Lipinski definition) is 3. The zero-order valence-corrected chi connectivity index (χ0v) is 10.2. The fourth-order valence-electron chi connectivity index (χ4n) is 2.39. The van der Waals surface area contributed by atoms with Crippen LogP contribution in [-0.2, 0) is 4.79 Å². The molecule has 0 saturated heterocycles. The third-order valence-electron chi connectivity index (χ3n) is 3.53. The lowest BCUT2D eigenvalue weighted by Gasteiger charge is -2.26. The van der Waals surface area contributed by atoms with Crippen molar-refractivity contribution in [2.24, 2.45) is 5.73 Å². The summed E-state index contributed by atoms with van der Waals surface area (Å²) in [4.78, 5) is 17.7. The van der Waals surface area contributed by atoms with Gasteiger partial charge in [0.15, 0.2) is 0 Å². The van der Waals surface area contributed by atoms with Gasteiger partial charge in [-0.15, -0.1) is 0 Å². The summed E-state index contributed by atoms with van der Waals surface area (Å²) in [5.74, 6) is 0.0839. The second kappa shape index (κ2) is 4.84. The van der Waals surface area contributed by atoms with E-state index in [1.54, 1.807) is 24.3 Å². The van der Waals surface area contributed by atoms with E-state index in [2.05, 4.69) is 4.98 Å². The number of aromatic nitrogens is 1. The van der Waals surface area contributed by atoms with Gasteiger partial charge in [-0.05, 0) is 25.0 Å². The van der Waals surface area contributed by atoms with E-state index in [9.17, 15) is 4.79 Å². The van der Waals surface area contributed by atoms with Crippen molar-refractivity contribution in [3.05, 3.63) is 24.5 Å². The number of nitrogens with two attached hydrogens (primary N) is 1. The van der Waals surface area contributed by atoms with Crippen molar-refractivity contribution in [3.63, 3.8) is 0 Å². The number of hydrogen-bond donors (Lipinski definition) is 1. The highest BCUT2D eigenvalue weighted by molar-refractivity contribution is 5.93. The molecule has 0 unspecified atom stereocenters. The van der Waals surface area contributed by atoms with Gasteiger partial charge in [-0.2, -0.15) is 0 Å². The van der Waals surface area contributed by atoms with Crippen LogP contribution >= 0.6 is 0 Å². The molecule has 1 aromatic rings. The Kier molecular flexibility index (Phi) is 3.43. The highest BCUT2D eigenvalue weighted by Gasteiger charge is 2.32. The summed E-state index contributed by atoms with van der Waals surface area (Å²) < 4.78 is 0. The van der Waals surface area contributed by atoms with Gasteiger partial charge >= 0.3 is 0 Å². The Bertz CT molecular complexity index is 385. The lowest BCUT2D eigenvalue weighted by atomic mass is 9.94. The first-order valence-corrected chi connectivity index (χ1v) is 6.06. The summed E-state index contributed by atoms with van der Waals surface area (Å²) >= 11 is 0. The molecule has 1 heterocycles. The zero-order valence-electron chi connectivity index (χ0n) is 10.2. The van der Waals surface area contributed by atoms with E-state index in [0.717, 1.165) is 31.4 Å². The van der Waals surface area contributed by atoms with Crippen molar-refractivity contribution in [2.75, 3.05) is 11.9 Å². The Morgan fingerprint density at radius 3 is 2.59 bits per heavy atom. The van der Waals surface area contributed by atoms with Gasteiger partial charge in [0.1, 0.15) is 0 Å². The van der Waals surface area contributed by atoms with Gasteiger partial charge in [-0.25, -0.2) is 0 Å². The Balaban J connectivity index is 2.01. The molecule has 1 amide bonds. The number of carbonyl (C=O) groups excluding carboxylic acids is 1. The molecule has 1 saturated carbocycles. The summed E-state index contributed by atoms with van der Waals surface area (Å²) in [6.45, 7) is 0. The number of pyridine rings is 1. The summed E-state index contributed by atoms with van der Waals surface area (Å²) in [7, 11) is 1.79. The fraction of sp³-hybridized carbons (Fsp3) is 0.538. The SMILES string of the molecule is CN(C(=O)CC1(N)CCCC1)c1ccncc1. The van der Waals surface area contributed by atoms with Crippen molar-refractivity contribution < 1.29 is 4.79 Å². The summed E-state index contributed by atoms with van der Waals surface area (Å²) in [5.41, 5.74) is 6.80. The van der Waals surface area contributed by atoms with Crippen LogP contribution in [0.15, 0.2) is 24.5 Å². The van der Waals surface area contributed by atoms with Crippen LogP contribution in [0, 0.1) is 0 Å². The van der Waals surface area contributed by atoms with Crippen molar-refractivity contribution in [1.29, 1.82) is 0 Å². The van der Waals surface area contributed by atoms with Gasteiger partial charge in [-0.1, -0.05) is 12.8 Å². The molecular formula is C13H19N3O. The van der Waals surface area contributed by atoms with E-state index in [1.165, 1.54) is 0 Å². The monoisotopic (exact) mass is 233 g/mol. The van der Waals surface area contributed by atoms with Crippen molar-refractivity contribution in [2.45, 2.75) is 37.6 Å². The Hall–Kier alpha value is -1.42. The second-order valence-corrected chi connectivity index (χ2v) is 4.90. The molecule has 17 heavy (non-hydrogen) atoms. The maximum atomic E-state index is 12.1. The van der Waals surface area contributed by atoms with Crippen LogP contribution in [0.25, 0.3) is 0 Å². The number of rotatable bonds is 3. The minimum Gasteiger partial charge on any atom is -0.325 e. The van der Waals surface area contributed by atoms with E-state index >= 15 is 0 Å². The maximum absolute atomic E-state index is 12.1. The molecule has 0 aliphatic heterocycles. The van der Waals surface area contributed by atoms with Gasteiger partial charge in [0.05, 0.1) is 0 Å². The van der Waals surface area contributed by atoms with E-state index in [-0.39, 0.29) is 11.4 Å². The molecular weight excluding hydrogens is 214 g/mol. The highest BCUT2D eigenvalue weighted by atomic mass is 16.2. The maximum Gasteiger partial charge on any atom is 0.228 e. The molecule has 0 spiro atoms. The quantitative estimate of drug-likeness (QED) is 0.864. The van der Waals surface area contributed by atoms with Crippen LogP contribution in [-0.4, -0.2) is 23.5 Å². The average Bonchev–Trinajstić information content (AvgIpc) is 2.76. The largest absolute Gasteiger partial charge is 0.325 e. The topological polar surface area (TPSA) is 59.2 Å². The first-order chi connectivity index (χ1) is 8.11. The lowest BCUT2D eigenvalue weighted by Crippen LogP contribution is -2.42. The average molecular weight is 233 g/mol. The molecule has 4 nitrogen and oxygen atoms in total. The second-order valence-electron chi connectivity index (χ2n) is 4.90. The van der Waals surface area contributed by atoms with Crippen molar-refractivity contribution in [3.8, 4) is 0 Å². The Morgan fingerprint density at radius 1 is 1.41 bits per heavy atom. The molecule has 92 valence electrons. The molecule has 1 fully saturated rings. The number of carbonyl (C=O) groups is 1. The van der Waals surface area contributed by atoms with Crippen LogP contribution in [0.5, 0.6) is 0 Å². The molecule has 2 N–H and O–H groups in total. The van der Waals surface area contributed by atoms with Crippen LogP contribution in [0.2, 0.25) is 0 Å². The summed E-state index contributed by atoms with van der Waals surface area (Å²) in [6, 6.07) is 3.66. The van der Waals surface area contributed by atoms with E-state index in [4.69, 9.17) is 5.73 Å². The molecule has 1 aliphatic carbocycles. The Labute approximate surface area is 102 Å². The normalized spacial score (nSPS) is 18.0. The standard InChI is InChI=1S/C13H19N3O/c1-16(11-4-8-15-9-5-11)12(17)10-13(14)6-2-3-7-13/h4-5,8-9H,2-3,6-7,10,14H2,1H3. The van der Waals surface area contributed by atoms with Gasteiger partial charge in [-0.3, -0.25) is 9.78 Å².